The fraction of sp³-hybridized carbons (Fsp3) is 0.615. The lowest BCUT2D eigenvalue weighted by Gasteiger charge is -2.22. The van der Waals surface area contributed by atoms with Crippen molar-refractivity contribution in [2.75, 3.05) is 23.8 Å². The number of nitrogens with two attached hydrogens (primary N) is 1. The van der Waals surface area contributed by atoms with Crippen molar-refractivity contribution in [3.8, 4) is 0 Å². The van der Waals surface area contributed by atoms with Gasteiger partial charge in [-0.3, -0.25) is 38.4 Å². The molecule has 24 heteroatoms. The molecule has 12 N–H and O–H groups in total. The zero-order valence-electron chi connectivity index (χ0n) is 26.3. The number of carbonyl (C=O) groups excluding carboxylic acids is 6. The maximum Gasteiger partial charge on any atom is 0.326 e. The van der Waals surface area contributed by atoms with Gasteiger partial charge in [0.1, 0.15) is 42.8 Å². The molecule has 0 spiro atoms. The summed E-state index contributed by atoms with van der Waals surface area (Å²) in [5.41, 5.74) is 5.33. The van der Waals surface area contributed by atoms with E-state index in [1.165, 1.54) is 0 Å². The number of carboxylic acid groups (broad SMARTS) is 4. The van der Waals surface area contributed by atoms with Crippen molar-refractivity contribution >= 4 is 97.2 Å². The zero-order valence-corrected chi connectivity index (χ0v) is 29.0. The van der Waals surface area contributed by atoms with Gasteiger partial charge in [-0.2, -0.15) is 37.9 Å². The van der Waals surface area contributed by atoms with Crippen molar-refractivity contribution in [3.05, 3.63) is 0 Å². The number of rotatable bonds is 25. The van der Waals surface area contributed by atoms with Crippen LogP contribution in [-0.2, 0) is 47.9 Å². The van der Waals surface area contributed by atoms with Gasteiger partial charge < -0.3 is 58.1 Å². The summed E-state index contributed by atoms with van der Waals surface area (Å²) >= 11 is 11.8. The molecule has 0 rings (SSSR count). The third-order valence-corrected chi connectivity index (χ3v) is 7.56. The molecule has 0 aliphatic carbocycles. The Bertz CT molecular complexity index is 1270. The molecule has 0 aromatic heterocycles. The molecule has 21 nitrogen and oxygen atoms in total. The minimum Gasteiger partial charge on any atom is -0.480 e. The van der Waals surface area contributed by atoms with Gasteiger partial charge in [0.2, 0.25) is 35.4 Å². The fourth-order valence-electron chi connectivity index (χ4n) is 3.69. The Balaban J connectivity index is 5.12. The van der Waals surface area contributed by atoms with E-state index in [9.17, 15) is 58.2 Å². The molecule has 0 saturated heterocycles. The number of hydrogen-bond donors (Lipinski definition) is 14. The van der Waals surface area contributed by atoms with Crippen LogP contribution in [0, 0.1) is 0 Å². The topological polar surface area (TPSA) is 350 Å². The first-order valence-electron chi connectivity index (χ1n) is 14.6. The number of aliphatic carboxylic acids is 4. The summed E-state index contributed by atoms with van der Waals surface area (Å²) in [5.74, 6) is -11.8. The van der Waals surface area contributed by atoms with E-state index in [0.717, 1.165) is 0 Å². The molecule has 0 saturated carbocycles. The molecule has 50 heavy (non-hydrogen) atoms. The molecule has 0 aromatic rings. The van der Waals surface area contributed by atoms with Crippen LogP contribution in [0.15, 0.2) is 0 Å². The number of carbonyl (C=O) groups is 10. The SMILES string of the molecule is N[C@H](CCC(=O)N[C@H](CS)C(=O)N[C@H](CCC(=O)N[C@H](CS)C(=O)N[C@H](CCC(=O)N[C@H](CS)C(=O)NCC(=O)O)C(=O)O)C(=O)O)C(=O)O. The first kappa shape index (κ1) is 45.7. The first-order valence-corrected chi connectivity index (χ1v) is 16.5. The molecule has 6 atom stereocenters. The van der Waals surface area contributed by atoms with E-state index in [4.69, 9.17) is 15.9 Å². The fourth-order valence-corrected chi connectivity index (χ4v) is 4.46. The van der Waals surface area contributed by atoms with Gasteiger partial charge >= 0.3 is 23.9 Å². The van der Waals surface area contributed by atoms with Crippen LogP contribution in [0.5, 0.6) is 0 Å². The third kappa shape index (κ3) is 18.5. The Morgan fingerprint density at radius 1 is 0.480 bits per heavy atom. The van der Waals surface area contributed by atoms with E-state index in [-0.39, 0.29) is 30.1 Å². The molecule has 0 heterocycles. The third-order valence-electron chi connectivity index (χ3n) is 6.47. The number of hydrogen-bond acceptors (Lipinski definition) is 14. The second-order valence-electron chi connectivity index (χ2n) is 10.4. The summed E-state index contributed by atoms with van der Waals surface area (Å²) in [6.07, 6.45) is -2.56. The largest absolute Gasteiger partial charge is 0.480 e. The summed E-state index contributed by atoms with van der Waals surface area (Å²) in [6, 6.07) is -8.55. The number of thiol groups is 3. The Morgan fingerprint density at radius 2 is 0.820 bits per heavy atom. The van der Waals surface area contributed by atoms with Crippen LogP contribution in [0.4, 0.5) is 0 Å². The van der Waals surface area contributed by atoms with E-state index < -0.39 is 128 Å². The van der Waals surface area contributed by atoms with Gasteiger partial charge in [-0.1, -0.05) is 0 Å². The average molecular weight is 772 g/mol. The molecule has 0 aromatic carbocycles. The van der Waals surface area contributed by atoms with Crippen LogP contribution >= 0.6 is 37.9 Å². The highest BCUT2D eigenvalue weighted by Gasteiger charge is 2.29. The second-order valence-corrected chi connectivity index (χ2v) is 11.5. The van der Waals surface area contributed by atoms with E-state index in [2.05, 4.69) is 69.8 Å². The average Bonchev–Trinajstić information content (AvgIpc) is 3.05. The second kappa shape index (κ2) is 24.0. The van der Waals surface area contributed by atoms with E-state index in [0.29, 0.717) is 0 Å². The van der Waals surface area contributed by atoms with Crippen LogP contribution < -0.4 is 37.6 Å². The van der Waals surface area contributed by atoms with Gasteiger partial charge in [-0.25, -0.2) is 9.59 Å². The Hall–Kier alpha value is -4.29. The molecule has 282 valence electrons. The van der Waals surface area contributed by atoms with Crippen molar-refractivity contribution in [1.29, 1.82) is 0 Å². The smallest absolute Gasteiger partial charge is 0.326 e. The van der Waals surface area contributed by atoms with Gasteiger partial charge in [-0.05, 0) is 19.3 Å². The number of carboxylic acids is 4. The monoisotopic (exact) mass is 771 g/mol. The predicted octanol–water partition coefficient (Wildman–Crippen LogP) is -4.68. The maximum atomic E-state index is 12.7. The van der Waals surface area contributed by atoms with Crippen LogP contribution in [0.25, 0.3) is 0 Å². The minimum absolute atomic E-state index is 0.207. The molecule has 0 fully saturated rings. The van der Waals surface area contributed by atoms with Crippen molar-refractivity contribution in [3.63, 3.8) is 0 Å². The summed E-state index contributed by atoms with van der Waals surface area (Å²) in [7, 11) is 0. The van der Waals surface area contributed by atoms with Gasteiger partial charge in [-0.15, -0.1) is 0 Å². The Kier molecular flexibility index (Phi) is 21.9. The van der Waals surface area contributed by atoms with Crippen LogP contribution in [-0.4, -0.2) is 140 Å². The van der Waals surface area contributed by atoms with E-state index in [1.54, 1.807) is 0 Å². The molecule has 0 bridgehead atoms. The lowest BCUT2D eigenvalue weighted by Crippen LogP contribution is -2.54. The highest BCUT2D eigenvalue weighted by atomic mass is 32.1. The summed E-state index contributed by atoms with van der Waals surface area (Å²) in [4.78, 5) is 119. The zero-order chi connectivity index (χ0) is 38.6. The Labute approximate surface area is 301 Å². The molecule has 0 aliphatic heterocycles. The van der Waals surface area contributed by atoms with Gasteiger partial charge in [0.25, 0.3) is 0 Å². The van der Waals surface area contributed by atoms with Crippen molar-refractivity contribution in [1.82, 2.24) is 31.9 Å². The van der Waals surface area contributed by atoms with Gasteiger partial charge in [0.15, 0.2) is 0 Å². The number of nitrogens with one attached hydrogen (secondary N) is 6. The lowest BCUT2D eigenvalue weighted by atomic mass is 10.1. The minimum atomic E-state index is -1.64. The van der Waals surface area contributed by atoms with Crippen LogP contribution in [0.3, 0.4) is 0 Å². The predicted molar refractivity (Wildman–Crippen MR) is 180 cm³/mol. The quantitative estimate of drug-likeness (QED) is 0.0388. The van der Waals surface area contributed by atoms with Crippen molar-refractivity contribution in [2.24, 2.45) is 5.73 Å². The molecule has 6 amide bonds. The van der Waals surface area contributed by atoms with Crippen LogP contribution in [0.2, 0.25) is 0 Å². The van der Waals surface area contributed by atoms with Gasteiger partial charge in [0, 0.05) is 36.5 Å². The molecular formula is C26H41N7O14S3. The molecule has 0 radical (unpaired) electrons. The highest BCUT2D eigenvalue weighted by molar-refractivity contribution is 7.80. The van der Waals surface area contributed by atoms with Gasteiger partial charge in [0.05, 0.1) is 0 Å². The molecular weight excluding hydrogens is 731 g/mol. The standard InChI is InChI=1S/C26H41N7O14S3/c27-11(24(42)43)1-4-17(34)30-15(9-49)22(40)32-13(26(46)47)3-6-19(36)31-16(10-50)23(41)33-12(25(44)45)2-5-18(35)29-14(8-48)21(39)28-7-20(37)38/h11-16,48-50H,1-10,27H2,(H,28,39)(H,29,35)(H,30,34)(H,31,36)(H,32,40)(H,33,41)(H,37,38)(H,42,43)(H,44,45)(H,46,47)/t11-,12-,13-,14-,15-,16-/m1/s1. The van der Waals surface area contributed by atoms with Crippen molar-refractivity contribution < 1.29 is 68.4 Å². The van der Waals surface area contributed by atoms with E-state index >= 15 is 0 Å². The first-order chi connectivity index (χ1) is 23.4. The van der Waals surface area contributed by atoms with E-state index in [1.807, 2.05) is 0 Å². The highest BCUT2D eigenvalue weighted by Crippen LogP contribution is 2.05. The maximum absolute atomic E-state index is 12.7. The summed E-state index contributed by atoms with van der Waals surface area (Å²) in [5, 5.41) is 49.7. The molecule has 0 unspecified atom stereocenters. The summed E-state index contributed by atoms with van der Waals surface area (Å²) in [6.45, 7) is -0.708. The van der Waals surface area contributed by atoms with Crippen LogP contribution in [0.1, 0.15) is 38.5 Å². The summed E-state index contributed by atoms with van der Waals surface area (Å²) < 4.78 is 0. The number of amides is 6. The molecule has 0 aliphatic rings. The normalized spacial score (nSPS) is 14.2. The lowest BCUT2D eigenvalue weighted by molar-refractivity contribution is -0.142. The Morgan fingerprint density at radius 3 is 1.12 bits per heavy atom. The van der Waals surface area contributed by atoms with Crippen molar-refractivity contribution in [2.45, 2.75) is 74.8 Å².